The third-order valence-corrected chi connectivity index (χ3v) is 3.15. The number of hydrogen-bond acceptors (Lipinski definition) is 4. The van der Waals surface area contributed by atoms with Crippen molar-refractivity contribution in [2.75, 3.05) is 6.54 Å². The molecule has 1 amide bonds. The van der Waals surface area contributed by atoms with Gasteiger partial charge in [0.05, 0.1) is 12.1 Å². The molecule has 22 heavy (non-hydrogen) atoms. The molecule has 120 valence electrons. The summed E-state index contributed by atoms with van der Waals surface area (Å²) in [5.74, 6) is 0.561. The van der Waals surface area contributed by atoms with Crippen molar-refractivity contribution in [2.24, 2.45) is 7.05 Å². The van der Waals surface area contributed by atoms with E-state index in [-0.39, 0.29) is 12.1 Å². The Kier molecular flexibility index (Phi) is 4.25. The first-order valence-electron chi connectivity index (χ1n) is 7.23. The Hall–Kier alpha value is -2.31. The molecular weight excluding hydrogens is 284 g/mol. The molecule has 0 aliphatic heterocycles. The molecule has 0 radical (unpaired) electrons. The van der Waals surface area contributed by atoms with Crippen LogP contribution in [0.25, 0.3) is 11.0 Å². The van der Waals surface area contributed by atoms with E-state index in [1.54, 1.807) is 19.3 Å². The Morgan fingerprint density at radius 1 is 1.45 bits per heavy atom. The summed E-state index contributed by atoms with van der Waals surface area (Å²) < 4.78 is 6.84. The van der Waals surface area contributed by atoms with Gasteiger partial charge in [0, 0.05) is 19.8 Å². The number of fused-ring (bicyclic) bond motifs is 1. The van der Waals surface area contributed by atoms with Crippen molar-refractivity contribution in [1.29, 1.82) is 0 Å². The Morgan fingerprint density at radius 2 is 2.14 bits per heavy atom. The van der Waals surface area contributed by atoms with Crippen molar-refractivity contribution in [1.82, 2.24) is 19.4 Å². The highest BCUT2D eigenvalue weighted by molar-refractivity contribution is 5.74. The van der Waals surface area contributed by atoms with Gasteiger partial charge in [-0.1, -0.05) is 0 Å². The van der Waals surface area contributed by atoms with Gasteiger partial charge in [0.25, 0.3) is 5.56 Å². The Balaban J connectivity index is 2.23. The van der Waals surface area contributed by atoms with Crippen LogP contribution < -0.4 is 5.56 Å². The number of pyridine rings is 1. The van der Waals surface area contributed by atoms with E-state index in [1.165, 1.54) is 9.47 Å². The van der Waals surface area contributed by atoms with E-state index in [0.717, 1.165) is 0 Å². The molecule has 7 nitrogen and oxygen atoms in total. The minimum Gasteiger partial charge on any atom is -0.444 e. The number of carbonyl (C=O) groups is 1. The molecule has 0 bridgehead atoms. The van der Waals surface area contributed by atoms with E-state index >= 15 is 0 Å². The van der Waals surface area contributed by atoms with Crippen molar-refractivity contribution >= 4 is 17.1 Å². The highest BCUT2D eigenvalue weighted by atomic mass is 16.6. The normalized spacial score (nSPS) is 11.7. The lowest BCUT2D eigenvalue weighted by molar-refractivity contribution is 0.0240. The standard InChI is InChI=1S/C15H22N4O3/c1-6-19(14(21)22-15(2,3)4)9-11-16-10-7-8-18(5)13(20)12(10)17-11/h7-8H,6,9H2,1-5H3,(H,16,17). The Labute approximate surface area is 128 Å². The maximum atomic E-state index is 12.1. The zero-order valence-electron chi connectivity index (χ0n) is 13.6. The van der Waals surface area contributed by atoms with Crippen LogP contribution in [-0.2, 0) is 18.3 Å². The highest BCUT2D eigenvalue weighted by Crippen LogP contribution is 2.13. The summed E-state index contributed by atoms with van der Waals surface area (Å²) in [5, 5.41) is 0. The van der Waals surface area contributed by atoms with E-state index in [1.807, 2.05) is 27.7 Å². The second-order valence-corrected chi connectivity index (χ2v) is 6.17. The number of hydrogen-bond donors (Lipinski definition) is 1. The van der Waals surface area contributed by atoms with Crippen LogP contribution in [0.15, 0.2) is 17.1 Å². The average molecular weight is 306 g/mol. The number of nitrogens with zero attached hydrogens (tertiary/aromatic N) is 3. The monoisotopic (exact) mass is 306 g/mol. The van der Waals surface area contributed by atoms with Crippen LogP contribution in [0.3, 0.4) is 0 Å². The first kappa shape index (κ1) is 16.1. The molecule has 2 aromatic heterocycles. The van der Waals surface area contributed by atoms with Crippen molar-refractivity contribution in [3.8, 4) is 0 Å². The van der Waals surface area contributed by atoms with Crippen molar-refractivity contribution in [2.45, 2.75) is 39.8 Å². The highest BCUT2D eigenvalue weighted by Gasteiger charge is 2.22. The van der Waals surface area contributed by atoms with Crippen LogP contribution in [0, 0.1) is 0 Å². The lowest BCUT2D eigenvalue weighted by Crippen LogP contribution is -2.36. The smallest absolute Gasteiger partial charge is 0.410 e. The van der Waals surface area contributed by atoms with Gasteiger partial charge in [0.2, 0.25) is 0 Å². The predicted octanol–water partition coefficient (Wildman–Crippen LogP) is 2.02. The van der Waals surface area contributed by atoms with Crippen LogP contribution in [0.4, 0.5) is 4.79 Å². The Morgan fingerprint density at radius 3 is 2.73 bits per heavy atom. The molecule has 2 heterocycles. The summed E-state index contributed by atoms with van der Waals surface area (Å²) in [7, 11) is 1.68. The molecule has 2 rings (SSSR count). The summed E-state index contributed by atoms with van der Waals surface area (Å²) in [6, 6.07) is 1.76. The summed E-state index contributed by atoms with van der Waals surface area (Å²) in [4.78, 5) is 33.0. The average Bonchev–Trinajstić information content (AvgIpc) is 2.82. The van der Waals surface area contributed by atoms with Gasteiger partial charge in [0.15, 0.2) is 0 Å². The molecule has 0 aromatic carbocycles. The molecule has 0 unspecified atom stereocenters. The molecule has 0 fully saturated rings. The number of aromatic nitrogens is 3. The van der Waals surface area contributed by atoms with Gasteiger partial charge in [0.1, 0.15) is 16.9 Å². The van der Waals surface area contributed by atoms with Crippen LogP contribution in [0.5, 0.6) is 0 Å². The molecule has 2 aromatic rings. The van der Waals surface area contributed by atoms with Gasteiger partial charge < -0.3 is 19.2 Å². The number of H-pyrrole nitrogens is 1. The van der Waals surface area contributed by atoms with E-state index in [4.69, 9.17) is 4.74 Å². The van der Waals surface area contributed by atoms with Crippen LogP contribution in [-0.4, -0.2) is 37.7 Å². The maximum Gasteiger partial charge on any atom is 0.410 e. The summed E-state index contributed by atoms with van der Waals surface area (Å²) in [5.41, 5.74) is 0.351. The summed E-state index contributed by atoms with van der Waals surface area (Å²) in [6.45, 7) is 8.09. The minimum atomic E-state index is -0.547. The largest absolute Gasteiger partial charge is 0.444 e. The van der Waals surface area contributed by atoms with Gasteiger partial charge in [-0.25, -0.2) is 9.78 Å². The molecule has 0 saturated carbocycles. The fourth-order valence-electron chi connectivity index (χ4n) is 2.04. The number of imidazole rings is 1. The topological polar surface area (TPSA) is 80.2 Å². The first-order valence-corrected chi connectivity index (χ1v) is 7.23. The molecule has 7 heteroatoms. The lowest BCUT2D eigenvalue weighted by Gasteiger charge is -2.25. The number of amides is 1. The number of aryl methyl sites for hydroxylation is 1. The van der Waals surface area contributed by atoms with Gasteiger partial charge in [-0.05, 0) is 33.8 Å². The summed E-state index contributed by atoms with van der Waals surface area (Å²) >= 11 is 0. The minimum absolute atomic E-state index is 0.142. The van der Waals surface area contributed by atoms with Crippen molar-refractivity contribution < 1.29 is 9.53 Å². The quantitative estimate of drug-likeness (QED) is 0.940. The van der Waals surface area contributed by atoms with E-state index in [9.17, 15) is 9.59 Å². The second-order valence-electron chi connectivity index (χ2n) is 6.17. The van der Waals surface area contributed by atoms with Gasteiger partial charge in [-0.15, -0.1) is 0 Å². The number of ether oxygens (including phenoxy) is 1. The Bertz CT molecular complexity index is 739. The van der Waals surface area contributed by atoms with Crippen LogP contribution >= 0.6 is 0 Å². The third-order valence-electron chi connectivity index (χ3n) is 3.15. The first-order chi connectivity index (χ1) is 10.2. The molecule has 0 atom stereocenters. The lowest BCUT2D eigenvalue weighted by atomic mass is 10.2. The molecule has 0 aliphatic carbocycles. The third kappa shape index (κ3) is 3.47. The van der Waals surface area contributed by atoms with E-state index in [2.05, 4.69) is 9.97 Å². The zero-order chi connectivity index (χ0) is 16.5. The van der Waals surface area contributed by atoms with E-state index in [0.29, 0.717) is 23.4 Å². The number of nitrogens with one attached hydrogen (secondary N) is 1. The number of carbonyl (C=O) groups excluding carboxylic acids is 1. The summed E-state index contributed by atoms with van der Waals surface area (Å²) in [6.07, 6.45) is 1.27. The van der Waals surface area contributed by atoms with Gasteiger partial charge in [-0.2, -0.15) is 0 Å². The van der Waals surface area contributed by atoms with Crippen molar-refractivity contribution in [3.63, 3.8) is 0 Å². The SMILES string of the molecule is CCN(Cc1nc2ccn(C)c(=O)c2[nH]1)C(=O)OC(C)(C)C. The van der Waals surface area contributed by atoms with Gasteiger partial charge >= 0.3 is 6.09 Å². The van der Waals surface area contributed by atoms with Crippen LogP contribution in [0.1, 0.15) is 33.5 Å². The molecule has 1 N–H and O–H groups in total. The predicted molar refractivity (Wildman–Crippen MR) is 83.7 cm³/mol. The molecule has 0 spiro atoms. The van der Waals surface area contributed by atoms with Crippen molar-refractivity contribution in [3.05, 3.63) is 28.4 Å². The molecular formula is C15H22N4O3. The number of rotatable bonds is 3. The fourth-order valence-corrected chi connectivity index (χ4v) is 2.04. The maximum absolute atomic E-state index is 12.1. The van der Waals surface area contributed by atoms with E-state index < -0.39 is 11.7 Å². The molecule has 0 aliphatic rings. The zero-order valence-corrected chi connectivity index (χ0v) is 13.6. The van der Waals surface area contributed by atoms with Crippen LogP contribution in [0.2, 0.25) is 0 Å². The second kappa shape index (κ2) is 5.82. The fraction of sp³-hybridized carbons (Fsp3) is 0.533. The molecule has 0 saturated heterocycles. The van der Waals surface area contributed by atoms with Gasteiger partial charge in [-0.3, -0.25) is 4.79 Å². The number of aromatic amines is 1.